The highest BCUT2D eigenvalue weighted by Crippen LogP contribution is 2.29. The van der Waals surface area contributed by atoms with Gasteiger partial charge in [-0.25, -0.2) is 0 Å². The van der Waals surface area contributed by atoms with Crippen LogP contribution in [0.4, 0.5) is 0 Å². The van der Waals surface area contributed by atoms with Gasteiger partial charge in [-0.05, 0) is 36.5 Å². The topological polar surface area (TPSA) is 9.23 Å². The van der Waals surface area contributed by atoms with E-state index < -0.39 is 0 Å². The summed E-state index contributed by atoms with van der Waals surface area (Å²) >= 11 is 0. The van der Waals surface area contributed by atoms with Crippen LogP contribution < -0.4 is 4.74 Å². The van der Waals surface area contributed by atoms with Crippen LogP contribution in [0.1, 0.15) is 17.5 Å². The number of methoxy groups -OCH3 is 1. The molecule has 1 aromatic carbocycles. The lowest BCUT2D eigenvalue weighted by Crippen LogP contribution is -1.89. The molecule has 11 heavy (non-hydrogen) atoms. The maximum atomic E-state index is 5.26. The first-order valence-electron chi connectivity index (χ1n) is 4.06. The molecule has 2 rings (SSSR count). The van der Waals surface area contributed by atoms with Gasteiger partial charge >= 0.3 is 0 Å². The molecule has 1 heteroatoms. The Hall–Kier alpha value is -0.980. The van der Waals surface area contributed by atoms with E-state index in [2.05, 4.69) is 12.1 Å². The molecule has 0 heterocycles. The van der Waals surface area contributed by atoms with Crippen molar-refractivity contribution in [1.82, 2.24) is 0 Å². The minimum absolute atomic E-state index is 1.07. The zero-order valence-electron chi connectivity index (χ0n) is 6.76. The van der Waals surface area contributed by atoms with E-state index in [4.69, 9.17) is 4.74 Å². The van der Waals surface area contributed by atoms with Crippen LogP contribution >= 0.6 is 0 Å². The van der Waals surface area contributed by atoms with Crippen LogP contribution in [0.2, 0.25) is 0 Å². The Morgan fingerprint density at radius 3 is 3.00 bits per heavy atom. The second kappa shape index (κ2) is 2.57. The molecular weight excluding hydrogens is 136 g/mol. The fraction of sp³-hybridized carbons (Fsp3) is 0.400. The zero-order chi connectivity index (χ0) is 7.68. The summed E-state index contributed by atoms with van der Waals surface area (Å²) < 4.78 is 5.26. The van der Waals surface area contributed by atoms with E-state index in [1.165, 1.54) is 30.4 Å². The Bertz CT molecular complexity index is 266. The fourth-order valence-corrected chi connectivity index (χ4v) is 1.78. The Morgan fingerprint density at radius 2 is 2.18 bits per heavy atom. The summed E-state index contributed by atoms with van der Waals surface area (Å²) in [5.74, 6) is 1.07. The normalized spacial score (nSPS) is 14.6. The lowest BCUT2D eigenvalue weighted by Gasteiger charge is -2.05. The van der Waals surface area contributed by atoms with E-state index in [0.717, 1.165) is 5.75 Å². The van der Waals surface area contributed by atoms with E-state index in [9.17, 15) is 0 Å². The second-order valence-corrected chi connectivity index (χ2v) is 2.95. The summed E-state index contributed by atoms with van der Waals surface area (Å²) in [5, 5.41) is 0. The highest BCUT2D eigenvalue weighted by atomic mass is 16.5. The first-order valence-corrected chi connectivity index (χ1v) is 4.06. The third-order valence-corrected chi connectivity index (χ3v) is 2.32. The molecule has 1 aliphatic rings. The van der Waals surface area contributed by atoms with Crippen LogP contribution in [0.15, 0.2) is 18.2 Å². The van der Waals surface area contributed by atoms with Crippen LogP contribution in [0, 0.1) is 0 Å². The molecule has 58 valence electrons. The third kappa shape index (κ3) is 1.01. The molecule has 0 fully saturated rings. The molecule has 0 aromatic heterocycles. The smallest absolute Gasteiger partial charge is 0.122 e. The average Bonchev–Trinajstić information content (AvgIpc) is 2.50. The molecule has 0 amide bonds. The predicted octanol–water partition coefficient (Wildman–Crippen LogP) is 2.18. The van der Waals surface area contributed by atoms with Crippen molar-refractivity contribution < 1.29 is 4.74 Å². The van der Waals surface area contributed by atoms with Gasteiger partial charge in [-0.3, -0.25) is 0 Å². The van der Waals surface area contributed by atoms with Crippen molar-refractivity contribution in [2.75, 3.05) is 7.11 Å². The maximum absolute atomic E-state index is 5.26. The van der Waals surface area contributed by atoms with E-state index in [0.29, 0.717) is 0 Å². The molecule has 0 spiro atoms. The van der Waals surface area contributed by atoms with E-state index in [-0.39, 0.29) is 0 Å². The molecule has 1 nitrogen and oxygen atoms in total. The minimum Gasteiger partial charge on any atom is -0.496 e. The van der Waals surface area contributed by atoms with Crippen molar-refractivity contribution in [3.05, 3.63) is 29.3 Å². The standard InChI is InChI=1S/C10H12O/c1-11-10-7-3-5-8-4-2-6-9(8)10/h3,5,7H,2,4,6H2,1H3. The van der Waals surface area contributed by atoms with Gasteiger partial charge in [0, 0.05) is 0 Å². The first-order chi connectivity index (χ1) is 5.42. The third-order valence-electron chi connectivity index (χ3n) is 2.32. The summed E-state index contributed by atoms with van der Waals surface area (Å²) in [6, 6.07) is 6.32. The summed E-state index contributed by atoms with van der Waals surface area (Å²) in [4.78, 5) is 0. The SMILES string of the molecule is COc1cccc2c1CCC2. The molecule has 0 atom stereocenters. The van der Waals surface area contributed by atoms with Crippen molar-refractivity contribution in [1.29, 1.82) is 0 Å². The van der Waals surface area contributed by atoms with Crippen LogP contribution in [0.3, 0.4) is 0 Å². The van der Waals surface area contributed by atoms with Gasteiger partial charge in [-0.15, -0.1) is 0 Å². The summed E-state index contributed by atoms with van der Waals surface area (Å²) in [6.45, 7) is 0. The molecule has 1 aromatic rings. The first kappa shape index (κ1) is 6.71. The summed E-state index contributed by atoms with van der Waals surface area (Å²) in [5.41, 5.74) is 2.90. The van der Waals surface area contributed by atoms with Crippen molar-refractivity contribution in [3.8, 4) is 5.75 Å². The molecule has 0 saturated heterocycles. The molecule has 0 aliphatic heterocycles. The van der Waals surface area contributed by atoms with E-state index in [1.807, 2.05) is 6.07 Å². The van der Waals surface area contributed by atoms with Crippen LogP contribution in [0.25, 0.3) is 0 Å². The molecule has 1 aliphatic carbocycles. The van der Waals surface area contributed by atoms with Crippen molar-refractivity contribution >= 4 is 0 Å². The Kier molecular flexibility index (Phi) is 1.57. The van der Waals surface area contributed by atoms with Gasteiger partial charge in [0.1, 0.15) is 5.75 Å². The van der Waals surface area contributed by atoms with Gasteiger partial charge in [-0.1, -0.05) is 12.1 Å². The molecule has 0 bridgehead atoms. The van der Waals surface area contributed by atoms with Crippen LogP contribution in [0.5, 0.6) is 5.75 Å². The molecule has 0 radical (unpaired) electrons. The Morgan fingerprint density at radius 1 is 1.27 bits per heavy atom. The summed E-state index contributed by atoms with van der Waals surface area (Å²) in [7, 11) is 1.74. The number of benzene rings is 1. The van der Waals surface area contributed by atoms with Crippen LogP contribution in [-0.2, 0) is 12.8 Å². The number of fused-ring (bicyclic) bond motifs is 1. The average molecular weight is 148 g/mol. The molecular formula is C10H12O. The number of aryl methyl sites for hydroxylation is 1. The van der Waals surface area contributed by atoms with Gasteiger partial charge < -0.3 is 4.74 Å². The van der Waals surface area contributed by atoms with Gasteiger partial charge in [0.2, 0.25) is 0 Å². The van der Waals surface area contributed by atoms with E-state index >= 15 is 0 Å². The van der Waals surface area contributed by atoms with Crippen molar-refractivity contribution in [2.24, 2.45) is 0 Å². The second-order valence-electron chi connectivity index (χ2n) is 2.95. The minimum atomic E-state index is 1.07. The monoisotopic (exact) mass is 148 g/mol. The van der Waals surface area contributed by atoms with Gasteiger partial charge in [-0.2, -0.15) is 0 Å². The highest BCUT2D eigenvalue weighted by molar-refractivity contribution is 5.42. The number of ether oxygens (including phenoxy) is 1. The molecule has 0 N–H and O–H groups in total. The summed E-state index contributed by atoms with van der Waals surface area (Å²) in [6.07, 6.45) is 3.71. The predicted molar refractivity (Wildman–Crippen MR) is 45.0 cm³/mol. The largest absolute Gasteiger partial charge is 0.496 e. The van der Waals surface area contributed by atoms with Gasteiger partial charge in [0.15, 0.2) is 0 Å². The number of hydrogen-bond acceptors (Lipinski definition) is 1. The fourth-order valence-electron chi connectivity index (χ4n) is 1.78. The molecule has 0 unspecified atom stereocenters. The van der Waals surface area contributed by atoms with Crippen LogP contribution in [-0.4, -0.2) is 7.11 Å². The number of rotatable bonds is 1. The van der Waals surface area contributed by atoms with Gasteiger partial charge in [0.05, 0.1) is 7.11 Å². The van der Waals surface area contributed by atoms with Crippen molar-refractivity contribution in [2.45, 2.75) is 19.3 Å². The highest BCUT2D eigenvalue weighted by Gasteiger charge is 2.13. The lowest BCUT2D eigenvalue weighted by atomic mass is 10.1. The van der Waals surface area contributed by atoms with Crippen molar-refractivity contribution in [3.63, 3.8) is 0 Å². The van der Waals surface area contributed by atoms with Gasteiger partial charge in [0.25, 0.3) is 0 Å². The lowest BCUT2D eigenvalue weighted by molar-refractivity contribution is 0.410. The van der Waals surface area contributed by atoms with E-state index in [1.54, 1.807) is 7.11 Å². The maximum Gasteiger partial charge on any atom is 0.122 e. The quantitative estimate of drug-likeness (QED) is 0.593. The zero-order valence-corrected chi connectivity index (χ0v) is 6.76. The number of hydrogen-bond donors (Lipinski definition) is 0. The Balaban J connectivity index is 2.50. The molecule has 0 saturated carbocycles. The Labute approximate surface area is 67.0 Å².